The molecule has 1 aliphatic rings. The minimum absolute atomic E-state index is 0.0665. The van der Waals surface area contributed by atoms with E-state index in [2.05, 4.69) is 26.3 Å². The van der Waals surface area contributed by atoms with Gasteiger partial charge in [-0.1, -0.05) is 0 Å². The molecule has 0 bridgehead atoms. The molecule has 18 heavy (non-hydrogen) atoms. The molecular formula is C12H18BrN3O2. The van der Waals surface area contributed by atoms with Crippen molar-refractivity contribution in [3.63, 3.8) is 0 Å². The van der Waals surface area contributed by atoms with Gasteiger partial charge in [0.25, 0.3) is 0 Å². The summed E-state index contributed by atoms with van der Waals surface area (Å²) in [6, 6.07) is 0. The van der Waals surface area contributed by atoms with Gasteiger partial charge in [0.1, 0.15) is 5.60 Å². The molecule has 1 N–H and O–H groups in total. The number of aromatic nitrogens is 2. The van der Waals surface area contributed by atoms with E-state index in [0.717, 1.165) is 17.3 Å². The van der Waals surface area contributed by atoms with Crippen LogP contribution >= 0.6 is 15.9 Å². The van der Waals surface area contributed by atoms with Gasteiger partial charge in [-0.15, -0.1) is 0 Å². The Bertz CT molecular complexity index is 446. The molecule has 0 aromatic carbocycles. The van der Waals surface area contributed by atoms with Crippen molar-refractivity contribution in [1.82, 2.24) is 15.1 Å². The first-order valence-electron chi connectivity index (χ1n) is 5.98. The lowest BCUT2D eigenvalue weighted by Gasteiger charge is -2.22. The van der Waals surface area contributed by atoms with Crippen LogP contribution in [0.4, 0.5) is 4.79 Å². The Hall–Kier alpha value is -1.04. The first-order chi connectivity index (χ1) is 8.31. The molecule has 6 heteroatoms. The molecule has 0 saturated heterocycles. The van der Waals surface area contributed by atoms with Gasteiger partial charge in [0.05, 0.1) is 16.2 Å². The van der Waals surface area contributed by atoms with Crippen LogP contribution < -0.4 is 5.32 Å². The third-order valence-electron chi connectivity index (χ3n) is 2.82. The summed E-state index contributed by atoms with van der Waals surface area (Å²) in [4.78, 5) is 11.6. The predicted octanol–water partition coefficient (Wildman–Crippen LogP) is 2.66. The van der Waals surface area contributed by atoms with E-state index in [1.54, 1.807) is 6.20 Å². The lowest BCUT2D eigenvalue weighted by molar-refractivity contribution is 0.0516. The topological polar surface area (TPSA) is 56.1 Å². The zero-order chi connectivity index (χ0) is 13.4. The van der Waals surface area contributed by atoms with Crippen LogP contribution in [-0.4, -0.2) is 28.0 Å². The van der Waals surface area contributed by atoms with Gasteiger partial charge in [0.15, 0.2) is 0 Å². The average molecular weight is 316 g/mol. The van der Waals surface area contributed by atoms with Crippen molar-refractivity contribution in [2.24, 2.45) is 0 Å². The molecular weight excluding hydrogens is 298 g/mol. The van der Waals surface area contributed by atoms with E-state index in [0.29, 0.717) is 6.54 Å². The normalized spacial score (nSPS) is 17.3. The third kappa shape index (κ3) is 3.25. The van der Waals surface area contributed by atoms with Crippen molar-refractivity contribution < 1.29 is 9.53 Å². The number of alkyl carbamates (subject to hydrolysis) is 1. The SMILES string of the molecule is CC(C)(C)OC(=O)NCC1(n2cc(Br)cn2)CC1. The van der Waals surface area contributed by atoms with Crippen LogP contribution in [0.15, 0.2) is 16.9 Å². The Morgan fingerprint density at radius 3 is 2.72 bits per heavy atom. The molecule has 100 valence electrons. The fourth-order valence-corrected chi connectivity index (χ4v) is 2.03. The van der Waals surface area contributed by atoms with Crippen molar-refractivity contribution >= 4 is 22.0 Å². The van der Waals surface area contributed by atoms with Crippen LogP contribution in [-0.2, 0) is 10.3 Å². The Kier molecular flexibility index (Phi) is 3.40. The van der Waals surface area contributed by atoms with Crippen molar-refractivity contribution in [3.05, 3.63) is 16.9 Å². The molecule has 0 spiro atoms. The number of nitrogens with one attached hydrogen (secondary N) is 1. The van der Waals surface area contributed by atoms with E-state index in [4.69, 9.17) is 4.74 Å². The third-order valence-corrected chi connectivity index (χ3v) is 3.23. The molecule has 1 amide bonds. The van der Waals surface area contributed by atoms with Crippen LogP contribution in [0.3, 0.4) is 0 Å². The Labute approximate surface area is 115 Å². The second-order valence-electron chi connectivity index (χ2n) is 5.68. The van der Waals surface area contributed by atoms with E-state index < -0.39 is 5.60 Å². The Balaban J connectivity index is 1.89. The highest BCUT2D eigenvalue weighted by Gasteiger charge is 2.45. The van der Waals surface area contributed by atoms with Gasteiger partial charge in [-0.3, -0.25) is 4.68 Å². The summed E-state index contributed by atoms with van der Waals surface area (Å²) in [5, 5.41) is 7.09. The highest BCUT2D eigenvalue weighted by molar-refractivity contribution is 9.10. The second-order valence-corrected chi connectivity index (χ2v) is 6.60. The van der Waals surface area contributed by atoms with Gasteiger partial charge in [-0.25, -0.2) is 4.79 Å². The number of rotatable bonds is 3. The summed E-state index contributed by atoms with van der Waals surface area (Å²) in [5.41, 5.74) is -0.529. The molecule has 0 radical (unpaired) electrons. The quantitative estimate of drug-likeness (QED) is 0.933. The number of hydrogen-bond acceptors (Lipinski definition) is 3. The van der Waals surface area contributed by atoms with Crippen LogP contribution in [0.25, 0.3) is 0 Å². The molecule has 0 aliphatic heterocycles. The number of carbonyl (C=O) groups is 1. The highest BCUT2D eigenvalue weighted by atomic mass is 79.9. The molecule has 0 unspecified atom stereocenters. The maximum Gasteiger partial charge on any atom is 0.407 e. The highest BCUT2D eigenvalue weighted by Crippen LogP contribution is 2.42. The van der Waals surface area contributed by atoms with Crippen LogP contribution in [0.1, 0.15) is 33.6 Å². The number of hydrogen-bond donors (Lipinski definition) is 1. The Morgan fingerprint density at radius 1 is 1.61 bits per heavy atom. The summed E-state index contributed by atoms with van der Waals surface area (Å²) >= 11 is 3.38. The molecule has 1 aromatic heterocycles. The van der Waals surface area contributed by atoms with Crippen LogP contribution in [0.2, 0.25) is 0 Å². The van der Waals surface area contributed by atoms with Gasteiger partial charge >= 0.3 is 6.09 Å². The van der Waals surface area contributed by atoms with Gasteiger partial charge in [-0.05, 0) is 49.5 Å². The zero-order valence-electron chi connectivity index (χ0n) is 10.9. The summed E-state index contributed by atoms with van der Waals surface area (Å²) in [7, 11) is 0. The smallest absolute Gasteiger partial charge is 0.407 e. The number of ether oxygens (including phenoxy) is 1. The lowest BCUT2D eigenvalue weighted by Crippen LogP contribution is -2.39. The average Bonchev–Trinajstić information content (AvgIpc) is 2.90. The van der Waals surface area contributed by atoms with E-state index in [9.17, 15) is 4.79 Å². The number of carbonyl (C=O) groups excluding carboxylic acids is 1. The predicted molar refractivity (Wildman–Crippen MR) is 71.4 cm³/mol. The first kappa shape index (κ1) is 13.4. The molecule has 2 rings (SSSR count). The summed E-state index contributed by atoms with van der Waals surface area (Å²) in [5.74, 6) is 0. The minimum atomic E-state index is -0.463. The summed E-state index contributed by atoms with van der Waals surface area (Å²) < 4.78 is 8.07. The second kappa shape index (κ2) is 4.57. The minimum Gasteiger partial charge on any atom is -0.444 e. The molecule has 1 saturated carbocycles. The fraction of sp³-hybridized carbons (Fsp3) is 0.667. The molecule has 1 fully saturated rings. The van der Waals surface area contributed by atoms with E-state index in [1.165, 1.54) is 0 Å². The standard InChI is InChI=1S/C12H18BrN3O2/c1-11(2,3)18-10(17)14-8-12(4-5-12)16-7-9(13)6-15-16/h6-7H,4-5,8H2,1-3H3,(H,14,17). The van der Waals surface area contributed by atoms with E-state index in [-0.39, 0.29) is 11.6 Å². The van der Waals surface area contributed by atoms with Crippen LogP contribution in [0, 0.1) is 0 Å². The molecule has 1 heterocycles. The van der Waals surface area contributed by atoms with Crippen molar-refractivity contribution in [2.75, 3.05) is 6.54 Å². The van der Waals surface area contributed by atoms with Gasteiger partial charge in [0, 0.05) is 12.7 Å². The maximum atomic E-state index is 11.6. The number of halogens is 1. The van der Waals surface area contributed by atoms with Crippen molar-refractivity contribution in [2.45, 2.75) is 44.8 Å². The largest absolute Gasteiger partial charge is 0.444 e. The monoisotopic (exact) mass is 315 g/mol. The van der Waals surface area contributed by atoms with E-state index in [1.807, 2.05) is 31.6 Å². The molecule has 1 aliphatic carbocycles. The first-order valence-corrected chi connectivity index (χ1v) is 6.78. The van der Waals surface area contributed by atoms with E-state index >= 15 is 0 Å². The number of amides is 1. The zero-order valence-corrected chi connectivity index (χ0v) is 12.5. The summed E-state index contributed by atoms with van der Waals surface area (Å²) in [6.45, 7) is 6.11. The number of nitrogens with zero attached hydrogens (tertiary/aromatic N) is 2. The Morgan fingerprint density at radius 2 is 2.28 bits per heavy atom. The van der Waals surface area contributed by atoms with Gasteiger partial charge in [0.2, 0.25) is 0 Å². The molecule has 0 atom stereocenters. The summed E-state index contributed by atoms with van der Waals surface area (Å²) in [6.07, 6.45) is 5.37. The fourth-order valence-electron chi connectivity index (χ4n) is 1.74. The van der Waals surface area contributed by atoms with Crippen LogP contribution in [0.5, 0.6) is 0 Å². The lowest BCUT2D eigenvalue weighted by atomic mass is 10.2. The van der Waals surface area contributed by atoms with Gasteiger partial charge in [-0.2, -0.15) is 5.10 Å². The molecule has 1 aromatic rings. The van der Waals surface area contributed by atoms with Crippen molar-refractivity contribution in [3.8, 4) is 0 Å². The van der Waals surface area contributed by atoms with Gasteiger partial charge < -0.3 is 10.1 Å². The maximum absolute atomic E-state index is 11.6. The van der Waals surface area contributed by atoms with Crippen molar-refractivity contribution in [1.29, 1.82) is 0 Å². The molecule has 5 nitrogen and oxygen atoms in total.